The zero-order chi connectivity index (χ0) is 20.4. The van der Waals surface area contributed by atoms with Gasteiger partial charge in [-0.25, -0.2) is 0 Å². The molecule has 0 atom stereocenters. The van der Waals surface area contributed by atoms with E-state index in [0.717, 1.165) is 11.5 Å². The van der Waals surface area contributed by atoms with E-state index in [4.69, 9.17) is 0 Å². The summed E-state index contributed by atoms with van der Waals surface area (Å²) in [5.74, 6) is 0.581. The molecule has 0 spiro atoms. The summed E-state index contributed by atoms with van der Waals surface area (Å²) >= 11 is 2.51. The first-order chi connectivity index (χ1) is 14.1. The van der Waals surface area contributed by atoms with Gasteiger partial charge in [-0.05, 0) is 6.26 Å². The highest BCUT2D eigenvalue weighted by Gasteiger charge is 2.10. The molecule has 2 heterocycles. The quantitative estimate of drug-likeness (QED) is 0.270. The molecule has 4 aromatic rings. The van der Waals surface area contributed by atoms with Gasteiger partial charge in [0.2, 0.25) is 10.3 Å². The van der Waals surface area contributed by atoms with Crippen LogP contribution in [0.4, 0.5) is 10.9 Å². The molecule has 0 radical (unpaired) electrons. The molecule has 0 saturated heterocycles. The number of anilines is 2. The van der Waals surface area contributed by atoms with Crippen molar-refractivity contribution in [2.45, 2.75) is 5.16 Å². The number of aryl methyl sites for hydroxylation is 1. The Kier molecular flexibility index (Phi) is 5.18. The lowest BCUT2D eigenvalue weighted by molar-refractivity contribution is 0.770. The number of nitrogens with zero attached hydrogens (tertiary/aromatic N) is 6. The monoisotopic (exact) mass is 426 g/mol. The molecule has 146 valence electrons. The molecule has 0 aliphatic carbocycles. The Morgan fingerprint density at radius 1 is 1.03 bits per heavy atom. The summed E-state index contributed by atoms with van der Waals surface area (Å²) in [5.41, 5.74) is 3.99. The maximum absolute atomic E-state index is 12.7. The van der Waals surface area contributed by atoms with Gasteiger partial charge in [0.1, 0.15) is 16.5 Å². The van der Waals surface area contributed by atoms with Crippen molar-refractivity contribution in [3.63, 3.8) is 0 Å². The van der Waals surface area contributed by atoms with Crippen LogP contribution in [0.15, 0.2) is 61.5 Å². The van der Waals surface area contributed by atoms with E-state index in [0.29, 0.717) is 26.9 Å². The van der Waals surface area contributed by atoms with Gasteiger partial charge in [-0.3, -0.25) is 25.1 Å². The number of hydrogen-bond donors (Lipinski definition) is 2. The van der Waals surface area contributed by atoms with E-state index in [1.807, 2.05) is 6.26 Å². The fraction of sp³-hybridized carbons (Fsp3) is 0.118. The molecule has 2 aromatic heterocycles. The number of rotatable bonds is 5. The summed E-state index contributed by atoms with van der Waals surface area (Å²) in [6, 6.07) is 8.66. The Balaban J connectivity index is 1.86. The molecule has 12 heteroatoms. The molecule has 0 fully saturated rings. The maximum atomic E-state index is 12.7. The standard InChI is InChI=1S/C17H14N8O2S2/c1-25-11(7-8-18-25)20-21-12-9-5-3-4-6-10(9)13(15(27)14(12)26)22-23-16-19-17(28-2)24-29-16/h3-8,20H,1-2H3,(H,19,23,24)/b21-12-,22-13+. The Morgan fingerprint density at radius 2 is 1.69 bits per heavy atom. The highest BCUT2D eigenvalue weighted by molar-refractivity contribution is 7.98. The van der Waals surface area contributed by atoms with E-state index in [2.05, 4.69) is 35.5 Å². The van der Waals surface area contributed by atoms with E-state index < -0.39 is 10.9 Å². The smallest absolute Gasteiger partial charge is 0.256 e. The summed E-state index contributed by atoms with van der Waals surface area (Å²) in [7, 11) is 1.73. The fourth-order valence-corrected chi connectivity index (χ4v) is 3.69. The average molecular weight is 426 g/mol. The lowest BCUT2D eigenvalue weighted by Crippen LogP contribution is -2.48. The van der Waals surface area contributed by atoms with Gasteiger partial charge in [-0.2, -0.15) is 24.7 Å². The number of thioether (sulfide) groups is 1. The molecule has 0 unspecified atom stereocenters. The van der Waals surface area contributed by atoms with Crippen molar-refractivity contribution in [1.29, 1.82) is 0 Å². The third-order valence-corrected chi connectivity index (χ3v) is 5.31. The van der Waals surface area contributed by atoms with Gasteiger partial charge in [0, 0.05) is 35.4 Å². The van der Waals surface area contributed by atoms with Crippen molar-refractivity contribution in [1.82, 2.24) is 19.1 Å². The predicted octanol–water partition coefficient (Wildman–Crippen LogP) is 0.598. The van der Waals surface area contributed by atoms with Crippen LogP contribution < -0.4 is 32.4 Å². The molecule has 4 rings (SSSR count). The Morgan fingerprint density at radius 3 is 2.24 bits per heavy atom. The van der Waals surface area contributed by atoms with Gasteiger partial charge >= 0.3 is 0 Å². The van der Waals surface area contributed by atoms with E-state index in [1.54, 1.807) is 48.3 Å². The summed E-state index contributed by atoms with van der Waals surface area (Å²) in [6.07, 6.45) is 3.45. The van der Waals surface area contributed by atoms with Crippen LogP contribution in [0.3, 0.4) is 0 Å². The number of fused-ring (bicyclic) bond motifs is 1. The lowest BCUT2D eigenvalue weighted by atomic mass is 10.1. The van der Waals surface area contributed by atoms with Crippen LogP contribution in [0.5, 0.6) is 0 Å². The van der Waals surface area contributed by atoms with Crippen molar-refractivity contribution >= 4 is 45.0 Å². The number of hydrogen-bond acceptors (Lipinski definition) is 11. The van der Waals surface area contributed by atoms with Crippen LogP contribution in [0, 0.1) is 0 Å². The van der Waals surface area contributed by atoms with Crippen LogP contribution in [0.25, 0.3) is 10.8 Å². The van der Waals surface area contributed by atoms with Crippen LogP contribution in [-0.2, 0) is 7.05 Å². The van der Waals surface area contributed by atoms with Crippen LogP contribution in [0.2, 0.25) is 0 Å². The van der Waals surface area contributed by atoms with Crippen LogP contribution in [0.1, 0.15) is 0 Å². The number of nitrogens with one attached hydrogen (secondary N) is 2. The van der Waals surface area contributed by atoms with Gasteiger partial charge in [0.25, 0.3) is 10.9 Å². The number of aromatic nitrogens is 4. The maximum Gasteiger partial charge on any atom is 0.256 e. The topological polar surface area (TPSA) is 127 Å². The van der Waals surface area contributed by atoms with Gasteiger partial charge in [0.05, 0.1) is 6.20 Å². The SMILES string of the molecule is CSc1nsc(N/N=c2/c(=O)c(=O)/c(=N\Nc3ccnn3C)c3ccccc23)n1. The molecular formula is C17H14N8O2S2. The van der Waals surface area contributed by atoms with Gasteiger partial charge < -0.3 is 0 Å². The van der Waals surface area contributed by atoms with Crippen LogP contribution >= 0.6 is 23.3 Å². The normalized spacial score (nSPS) is 12.6. The van der Waals surface area contributed by atoms with Gasteiger partial charge in [-0.1, -0.05) is 36.0 Å². The summed E-state index contributed by atoms with van der Waals surface area (Å²) < 4.78 is 5.68. The molecule has 0 aliphatic heterocycles. The first-order valence-corrected chi connectivity index (χ1v) is 10.3. The second kappa shape index (κ2) is 7.93. The van der Waals surface area contributed by atoms with E-state index >= 15 is 0 Å². The summed E-state index contributed by atoms with van der Waals surface area (Å²) in [5, 5.41) is 14.4. The fourth-order valence-electron chi connectivity index (χ4n) is 2.62. The number of benzene rings is 2. The Labute approximate surface area is 171 Å². The largest absolute Gasteiger partial charge is 0.283 e. The third kappa shape index (κ3) is 3.67. The minimum atomic E-state index is -0.753. The van der Waals surface area contributed by atoms with E-state index in [-0.39, 0.29) is 10.7 Å². The minimum Gasteiger partial charge on any atom is -0.283 e. The highest BCUT2D eigenvalue weighted by Crippen LogP contribution is 2.17. The first-order valence-electron chi connectivity index (χ1n) is 8.30. The third-order valence-electron chi connectivity index (χ3n) is 4.03. The molecule has 0 amide bonds. The average Bonchev–Trinajstić information content (AvgIpc) is 3.37. The summed E-state index contributed by atoms with van der Waals surface area (Å²) in [4.78, 5) is 29.7. The zero-order valence-corrected chi connectivity index (χ0v) is 16.9. The highest BCUT2D eigenvalue weighted by atomic mass is 32.2. The molecule has 29 heavy (non-hydrogen) atoms. The molecular weight excluding hydrogens is 412 g/mol. The van der Waals surface area contributed by atoms with Crippen molar-refractivity contribution in [2.75, 3.05) is 17.1 Å². The van der Waals surface area contributed by atoms with Crippen molar-refractivity contribution in [3.05, 3.63) is 67.7 Å². The first kappa shape index (κ1) is 19.0. The molecule has 0 bridgehead atoms. The second-order valence-electron chi connectivity index (χ2n) is 5.77. The molecule has 10 nitrogen and oxygen atoms in total. The van der Waals surface area contributed by atoms with Gasteiger partial charge in [0.15, 0.2) is 0 Å². The molecule has 2 aromatic carbocycles. The summed E-state index contributed by atoms with van der Waals surface area (Å²) in [6.45, 7) is 0. The predicted molar refractivity (Wildman–Crippen MR) is 112 cm³/mol. The molecule has 0 saturated carbocycles. The second-order valence-corrected chi connectivity index (χ2v) is 7.30. The van der Waals surface area contributed by atoms with E-state index in [1.165, 1.54) is 11.8 Å². The van der Waals surface area contributed by atoms with Crippen molar-refractivity contribution in [3.8, 4) is 0 Å². The lowest BCUT2D eigenvalue weighted by Gasteiger charge is -2.01. The van der Waals surface area contributed by atoms with E-state index in [9.17, 15) is 9.59 Å². The van der Waals surface area contributed by atoms with Crippen LogP contribution in [-0.4, -0.2) is 25.4 Å². The zero-order valence-electron chi connectivity index (χ0n) is 15.3. The van der Waals surface area contributed by atoms with Crippen molar-refractivity contribution in [2.24, 2.45) is 17.3 Å². The Hall–Kier alpha value is -3.38. The molecule has 2 N–H and O–H groups in total. The minimum absolute atomic E-state index is 0.00554. The van der Waals surface area contributed by atoms with Gasteiger partial charge in [-0.15, -0.1) is 0 Å². The molecule has 0 aliphatic rings. The Bertz CT molecular complexity index is 1420. The van der Waals surface area contributed by atoms with Crippen molar-refractivity contribution < 1.29 is 0 Å².